The van der Waals surface area contributed by atoms with Crippen molar-refractivity contribution in [1.29, 1.82) is 0 Å². The second-order valence-corrected chi connectivity index (χ2v) is 14.4. The lowest BCUT2D eigenvalue weighted by Crippen LogP contribution is -2.28. The summed E-state index contributed by atoms with van der Waals surface area (Å²) in [6.45, 7) is 12.8. The van der Waals surface area contributed by atoms with Crippen LogP contribution in [-0.4, -0.2) is 61.8 Å². The zero-order chi connectivity index (χ0) is 39.3. The molecule has 55 heavy (non-hydrogen) atoms. The standard InChI is InChI=1S/C24H26O4.C23H24O4/c1-3-14-27-17-24(2)13-4-15-28-22-16-19(9-12-21(22)24)6-5-18-7-10-20(11-8-18)23(25)26;1-3-26-16-23(2)13-4-14-27-21-15-18(9-12-20(21)23)6-5-17-7-10-19(11-8-17)22(24)25/h7-12,16H,3-4,13-15,17H2,1-2H3,(H,25,26);7-12,15H,3-4,13-14,16H2,1-2H3,(H,24,25). The summed E-state index contributed by atoms with van der Waals surface area (Å²) in [4.78, 5) is 21.8. The van der Waals surface area contributed by atoms with Gasteiger partial charge in [0, 0.05) is 57.4 Å². The van der Waals surface area contributed by atoms with E-state index in [0.29, 0.717) is 33.0 Å². The molecule has 2 aliphatic heterocycles. The van der Waals surface area contributed by atoms with Crippen molar-refractivity contribution in [3.63, 3.8) is 0 Å². The smallest absolute Gasteiger partial charge is 0.335 e. The Hall–Kier alpha value is -5.54. The lowest BCUT2D eigenvalue weighted by atomic mass is 9.79. The van der Waals surface area contributed by atoms with Crippen molar-refractivity contribution >= 4 is 11.9 Å². The van der Waals surface area contributed by atoms with Crippen LogP contribution in [0.1, 0.15) is 114 Å². The third kappa shape index (κ3) is 11.0. The molecule has 2 aliphatic rings. The Morgan fingerprint density at radius 3 is 1.42 bits per heavy atom. The molecule has 0 saturated carbocycles. The maximum Gasteiger partial charge on any atom is 0.335 e. The van der Waals surface area contributed by atoms with Gasteiger partial charge in [0.2, 0.25) is 0 Å². The van der Waals surface area contributed by atoms with Crippen LogP contribution in [-0.2, 0) is 20.3 Å². The van der Waals surface area contributed by atoms with Crippen molar-refractivity contribution < 1.29 is 38.7 Å². The van der Waals surface area contributed by atoms with Crippen LogP contribution in [0.5, 0.6) is 11.5 Å². The largest absolute Gasteiger partial charge is 0.493 e. The lowest BCUT2D eigenvalue weighted by molar-refractivity contribution is 0.0686. The van der Waals surface area contributed by atoms with Crippen molar-refractivity contribution in [3.05, 3.63) is 129 Å². The zero-order valence-electron chi connectivity index (χ0n) is 32.2. The summed E-state index contributed by atoms with van der Waals surface area (Å²) in [5.41, 5.74) is 6.05. The number of rotatable bonds is 9. The fourth-order valence-corrected chi connectivity index (χ4v) is 6.74. The number of carboxylic acid groups (broad SMARTS) is 2. The monoisotopic (exact) mass is 742 g/mol. The number of fused-ring (bicyclic) bond motifs is 2. The number of aromatic carboxylic acids is 2. The molecule has 4 aromatic rings. The Labute approximate surface area is 324 Å². The second-order valence-electron chi connectivity index (χ2n) is 14.4. The van der Waals surface area contributed by atoms with Crippen molar-refractivity contribution in [2.75, 3.05) is 39.6 Å². The molecule has 286 valence electrons. The fourth-order valence-electron chi connectivity index (χ4n) is 6.74. The first-order chi connectivity index (χ1) is 26.5. The number of hydrogen-bond acceptors (Lipinski definition) is 6. The first kappa shape index (κ1) is 40.6. The minimum absolute atomic E-state index is 0.0551. The molecule has 2 heterocycles. The summed E-state index contributed by atoms with van der Waals surface area (Å²) < 4.78 is 23.6. The molecular weight excluding hydrogens is 693 g/mol. The highest BCUT2D eigenvalue weighted by atomic mass is 16.5. The molecule has 0 saturated heterocycles. The summed E-state index contributed by atoms with van der Waals surface area (Å²) in [6.07, 6.45) is 5.07. The molecule has 6 rings (SSSR count). The van der Waals surface area contributed by atoms with Crippen LogP contribution < -0.4 is 9.47 Å². The Kier molecular flexibility index (Phi) is 14.2. The summed E-state index contributed by atoms with van der Waals surface area (Å²) in [5, 5.41) is 17.9. The van der Waals surface area contributed by atoms with Gasteiger partial charge in [-0.05, 0) is 112 Å². The van der Waals surface area contributed by atoms with E-state index in [1.54, 1.807) is 48.5 Å². The number of benzene rings is 4. The Morgan fingerprint density at radius 1 is 0.618 bits per heavy atom. The Bertz CT molecular complexity index is 2060. The molecular formula is C47H50O8. The van der Waals surface area contributed by atoms with E-state index in [-0.39, 0.29) is 22.0 Å². The van der Waals surface area contributed by atoms with Crippen LogP contribution in [0.2, 0.25) is 0 Å². The highest BCUT2D eigenvalue weighted by Gasteiger charge is 2.33. The zero-order valence-corrected chi connectivity index (χ0v) is 32.2. The summed E-state index contributed by atoms with van der Waals surface area (Å²) in [5.74, 6) is 12.3. The van der Waals surface area contributed by atoms with Crippen molar-refractivity contribution in [2.24, 2.45) is 0 Å². The molecule has 8 heteroatoms. The summed E-state index contributed by atoms with van der Waals surface area (Å²) >= 11 is 0. The third-order valence-corrected chi connectivity index (χ3v) is 9.88. The van der Waals surface area contributed by atoms with E-state index < -0.39 is 11.9 Å². The number of carbonyl (C=O) groups is 2. The van der Waals surface area contributed by atoms with Gasteiger partial charge in [-0.1, -0.05) is 56.6 Å². The average molecular weight is 743 g/mol. The van der Waals surface area contributed by atoms with Crippen LogP contribution in [0.15, 0.2) is 84.9 Å². The molecule has 0 amide bonds. The van der Waals surface area contributed by atoms with Gasteiger partial charge >= 0.3 is 11.9 Å². The quantitative estimate of drug-likeness (QED) is 0.129. The molecule has 0 bridgehead atoms. The van der Waals surface area contributed by atoms with Crippen LogP contribution in [0, 0.1) is 23.7 Å². The van der Waals surface area contributed by atoms with E-state index in [0.717, 1.165) is 72.5 Å². The van der Waals surface area contributed by atoms with Crippen molar-refractivity contribution in [3.8, 4) is 35.2 Å². The van der Waals surface area contributed by atoms with E-state index in [1.165, 1.54) is 11.1 Å². The molecule has 2 N–H and O–H groups in total. The van der Waals surface area contributed by atoms with E-state index in [2.05, 4.69) is 56.6 Å². The van der Waals surface area contributed by atoms with Crippen LogP contribution in [0.4, 0.5) is 0 Å². The molecule has 8 nitrogen and oxygen atoms in total. The van der Waals surface area contributed by atoms with Gasteiger partial charge in [0.15, 0.2) is 0 Å². The predicted octanol–water partition coefficient (Wildman–Crippen LogP) is 8.89. The maximum absolute atomic E-state index is 10.9. The van der Waals surface area contributed by atoms with Gasteiger partial charge in [-0.2, -0.15) is 0 Å². The highest BCUT2D eigenvalue weighted by molar-refractivity contribution is 5.88. The molecule has 0 aliphatic carbocycles. The summed E-state index contributed by atoms with van der Waals surface area (Å²) in [7, 11) is 0. The molecule has 0 spiro atoms. The molecule has 0 radical (unpaired) electrons. The molecule has 4 aromatic carbocycles. The molecule has 2 unspecified atom stereocenters. The highest BCUT2D eigenvalue weighted by Crippen LogP contribution is 2.40. The predicted molar refractivity (Wildman–Crippen MR) is 213 cm³/mol. The van der Waals surface area contributed by atoms with Gasteiger partial charge in [-0.3, -0.25) is 0 Å². The topological polar surface area (TPSA) is 112 Å². The van der Waals surface area contributed by atoms with Gasteiger partial charge < -0.3 is 29.2 Å². The normalized spacial score (nSPS) is 18.3. The number of hydrogen-bond donors (Lipinski definition) is 2. The maximum atomic E-state index is 10.9. The lowest BCUT2D eigenvalue weighted by Gasteiger charge is -2.29. The average Bonchev–Trinajstić information content (AvgIpc) is 3.46. The van der Waals surface area contributed by atoms with Crippen molar-refractivity contribution in [1.82, 2.24) is 0 Å². The SMILES string of the molecule is CCCOCC1(C)CCCOc2cc(C#Cc3ccc(C(=O)O)cc3)ccc21.CCOCC1(C)CCCOc2cc(C#Cc3ccc(C(=O)O)cc3)ccc21. The van der Waals surface area contributed by atoms with Gasteiger partial charge in [0.25, 0.3) is 0 Å². The Balaban J connectivity index is 0.000000211. The van der Waals surface area contributed by atoms with Gasteiger partial charge in [-0.15, -0.1) is 0 Å². The third-order valence-electron chi connectivity index (χ3n) is 9.88. The fraction of sp³-hybridized carbons (Fsp3) is 0.362. The van der Waals surface area contributed by atoms with E-state index in [4.69, 9.17) is 29.2 Å². The van der Waals surface area contributed by atoms with Gasteiger partial charge in [-0.25, -0.2) is 9.59 Å². The molecule has 2 atom stereocenters. The first-order valence-electron chi connectivity index (χ1n) is 18.9. The minimum Gasteiger partial charge on any atom is -0.493 e. The summed E-state index contributed by atoms with van der Waals surface area (Å²) in [6, 6.07) is 25.3. The second kappa shape index (κ2) is 19.2. The number of carboxylic acids is 2. The Morgan fingerprint density at radius 2 is 1.02 bits per heavy atom. The molecule has 0 aromatic heterocycles. The van der Waals surface area contributed by atoms with Crippen LogP contribution >= 0.6 is 0 Å². The van der Waals surface area contributed by atoms with E-state index in [9.17, 15) is 9.59 Å². The van der Waals surface area contributed by atoms with Gasteiger partial charge in [0.1, 0.15) is 11.5 Å². The number of ether oxygens (including phenoxy) is 4. The first-order valence-corrected chi connectivity index (χ1v) is 18.9. The minimum atomic E-state index is -0.937. The molecule has 0 fully saturated rings. The van der Waals surface area contributed by atoms with Crippen LogP contribution in [0.25, 0.3) is 0 Å². The van der Waals surface area contributed by atoms with Gasteiger partial charge in [0.05, 0.1) is 37.6 Å². The van der Waals surface area contributed by atoms with E-state index >= 15 is 0 Å². The van der Waals surface area contributed by atoms with Crippen LogP contribution in [0.3, 0.4) is 0 Å². The van der Waals surface area contributed by atoms with E-state index in [1.807, 2.05) is 31.2 Å². The van der Waals surface area contributed by atoms with Crippen molar-refractivity contribution in [2.45, 2.75) is 70.6 Å².